The van der Waals surface area contributed by atoms with Crippen LogP contribution in [-0.2, 0) is 16.6 Å². The summed E-state index contributed by atoms with van der Waals surface area (Å²) in [6, 6.07) is 6.01. The van der Waals surface area contributed by atoms with Crippen LogP contribution in [-0.4, -0.2) is 41.4 Å². The van der Waals surface area contributed by atoms with Gasteiger partial charge in [-0.05, 0) is 37.3 Å². The molecule has 2 amide bonds. The minimum Gasteiger partial charge on any atom is -0.451 e. The number of aromatic nitrogens is 1. The average molecular weight is 394 g/mol. The van der Waals surface area contributed by atoms with E-state index >= 15 is 0 Å². The molecule has 10 heteroatoms. The van der Waals surface area contributed by atoms with E-state index in [2.05, 4.69) is 4.74 Å². The van der Waals surface area contributed by atoms with Crippen molar-refractivity contribution in [2.45, 2.75) is 13.5 Å². The summed E-state index contributed by atoms with van der Waals surface area (Å²) >= 11 is 0. The maximum absolute atomic E-state index is 12.1. The summed E-state index contributed by atoms with van der Waals surface area (Å²) in [6.45, 7) is -2.38. The van der Waals surface area contributed by atoms with E-state index in [-0.39, 0.29) is 22.8 Å². The third kappa shape index (κ3) is 5.47. The number of alkyl halides is 2. The average Bonchev–Trinajstić information content (AvgIpc) is 3.02. The molecular formula is C18H16F2N2O6. The molecule has 8 nitrogen and oxygen atoms in total. The highest BCUT2D eigenvalue weighted by molar-refractivity contribution is 6.05. The van der Waals surface area contributed by atoms with Gasteiger partial charge >= 0.3 is 12.6 Å². The number of hydrogen-bond donors (Lipinski definition) is 1. The Morgan fingerprint density at radius 2 is 1.75 bits per heavy atom. The van der Waals surface area contributed by atoms with Crippen LogP contribution in [0, 0.1) is 0 Å². The van der Waals surface area contributed by atoms with Crippen molar-refractivity contribution < 1.29 is 37.4 Å². The number of nitrogens with one attached hydrogen (secondary N) is 1. The largest absolute Gasteiger partial charge is 0.451 e. The minimum atomic E-state index is -2.99. The molecule has 1 heterocycles. The van der Waals surface area contributed by atoms with Crippen molar-refractivity contribution in [3.8, 4) is 5.75 Å². The highest BCUT2D eigenvalue weighted by Crippen LogP contribution is 2.15. The maximum atomic E-state index is 12.1. The second-order valence-electron chi connectivity index (χ2n) is 5.64. The van der Waals surface area contributed by atoms with Gasteiger partial charge in [0.2, 0.25) is 0 Å². The molecular weight excluding hydrogens is 378 g/mol. The quantitative estimate of drug-likeness (QED) is 0.569. The van der Waals surface area contributed by atoms with Crippen molar-refractivity contribution in [1.29, 1.82) is 0 Å². The molecule has 28 heavy (non-hydrogen) atoms. The van der Waals surface area contributed by atoms with Crippen LogP contribution in [0.4, 0.5) is 8.78 Å². The second-order valence-corrected chi connectivity index (χ2v) is 5.64. The molecule has 0 unspecified atom stereocenters. The normalized spacial score (nSPS) is 10.5. The third-order valence-corrected chi connectivity index (χ3v) is 3.55. The number of halogens is 2. The van der Waals surface area contributed by atoms with Crippen LogP contribution < -0.4 is 10.1 Å². The Labute approximate surface area is 158 Å². The van der Waals surface area contributed by atoms with E-state index < -0.39 is 31.0 Å². The van der Waals surface area contributed by atoms with Crippen molar-refractivity contribution in [1.82, 2.24) is 9.88 Å². The van der Waals surface area contributed by atoms with E-state index in [1.54, 1.807) is 0 Å². The second kappa shape index (κ2) is 8.89. The number of imide groups is 1. The number of aryl methyl sites for hydroxylation is 1. The topological polar surface area (TPSA) is 104 Å². The van der Waals surface area contributed by atoms with E-state index in [1.807, 2.05) is 5.32 Å². The standard InChI is InChI=1S/C18H16F2N2O6/c1-10(23)12-7-14(22(2)8-12)17(26)27-9-15(24)21-16(25)11-3-5-13(6-4-11)28-18(19)20/h3-8,18H,9H2,1-2H3,(H,21,24,25). The van der Waals surface area contributed by atoms with Gasteiger partial charge in [-0.15, -0.1) is 0 Å². The third-order valence-electron chi connectivity index (χ3n) is 3.55. The molecule has 148 valence electrons. The van der Waals surface area contributed by atoms with Gasteiger partial charge in [-0.2, -0.15) is 8.78 Å². The summed E-state index contributed by atoms with van der Waals surface area (Å²) in [5.74, 6) is -2.90. The van der Waals surface area contributed by atoms with Crippen molar-refractivity contribution in [2.75, 3.05) is 6.61 Å². The van der Waals surface area contributed by atoms with Crippen molar-refractivity contribution >= 4 is 23.6 Å². The van der Waals surface area contributed by atoms with Crippen LogP contribution in [0.5, 0.6) is 5.75 Å². The van der Waals surface area contributed by atoms with Gasteiger partial charge in [-0.1, -0.05) is 0 Å². The number of Topliss-reactive ketones (excluding diaryl/α,β-unsaturated/α-hetero) is 1. The summed E-state index contributed by atoms with van der Waals surface area (Å²) in [5.41, 5.74) is 0.405. The predicted molar refractivity (Wildman–Crippen MR) is 91.2 cm³/mol. The van der Waals surface area contributed by atoms with Gasteiger partial charge < -0.3 is 14.0 Å². The van der Waals surface area contributed by atoms with Gasteiger partial charge in [-0.25, -0.2) is 4.79 Å². The number of carbonyl (C=O) groups is 4. The zero-order valence-electron chi connectivity index (χ0n) is 14.9. The van der Waals surface area contributed by atoms with Crippen LogP contribution in [0.25, 0.3) is 0 Å². The molecule has 0 spiro atoms. The van der Waals surface area contributed by atoms with Gasteiger partial charge in [0.1, 0.15) is 11.4 Å². The van der Waals surface area contributed by atoms with E-state index in [4.69, 9.17) is 4.74 Å². The molecule has 0 saturated heterocycles. The fraction of sp³-hybridized carbons (Fsp3) is 0.222. The number of carbonyl (C=O) groups excluding carboxylic acids is 4. The summed E-state index contributed by atoms with van der Waals surface area (Å²) in [6.07, 6.45) is 1.45. The van der Waals surface area contributed by atoms with Crippen LogP contribution >= 0.6 is 0 Å². The first-order valence-corrected chi connectivity index (χ1v) is 7.91. The molecule has 0 atom stereocenters. The Bertz CT molecular complexity index is 905. The van der Waals surface area contributed by atoms with E-state index in [0.29, 0.717) is 5.56 Å². The fourth-order valence-electron chi connectivity index (χ4n) is 2.19. The number of rotatable bonds is 7. The van der Waals surface area contributed by atoms with Gasteiger partial charge in [0.15, 0.2) is 12.4 Å². The summed E-state index contributed by atoms with van der Waals surface area (Å²) < 4.78 is 34.5. The monoisotopic (exact) mass is 394 g/mol. The van der Waals surface area contributed by atoms with Gasteiger partial charge in [0, 0.05) is 24.4 Å². The van der Waals surface area contributed by atoms with Gasteiger partial charge in [-0.3, -0.25) is 19.7 Å². The molecule has 2 rings (SSSR count). The Morgan fingerprint density at radius 3 is 2.29 bits per heavy atom. The molecule has 0 aliphatic heterocycles. The molecule has 0 aliphatic rings. The lowest BCUT2D eigenvalue weighted by atomic mass is 10.2. The number of ether oxygens (including phenoxy) is 2. The number of ketones is 1. The van der Waals surface area contributed by atoms with Gasteiger partial charge in [0.25, 0.3) is 11.8 Å². The molecule has 0 bridgehead atoms. The first-order valence-electron chi connectivity index (χ1n) is 7.91. The highest BCUT2D eigenvalue weighted by atomic mass is 19.3. The Morgan fingerprint density at radius 1 is 1.11 bits per heavy atom. The molecule has 0 fully saturated rings. The van der Waals surface area contributed by atoms with Crippen molar-refractivity contribution in [3.63, 3.8) is 0 Å². The van der Waals surface area contributed by atoms with Crippen LogP contribution in [0.15, 0.2) is 36.5 Å². The molecule has 0 aliphatic carbocycles. The molecule has 1 aromatic carbocycles. The zero-order chi connectivity index (χ0) is 20.8. The lowest BCUT2D eigenvalue weighted by molar-refractivity contribution is -0.123. The van der Waals surface area contributed by atoms with Crippen LogP contribution in [0.3, 0.4) is 0 Å². The molecule has 0 radical (unpaired) electrons. The fourth-order valence-corrected chi connectivity index (χ4v) is 2.19. The molecule has 1 N–H and O–H groups in total. The predicted octanol–water partition coefficient (Wildman–Crippen LogP) is 1.94. The number of nitrogens with zero attached hydrogens (tertiary/aromatic N) is 1. The van der Waals surface area contributed by atoms with Crippen LogP contribution in [0.2, 0.25) is 0 Å². The highest BCUT2D eigenvalue weighted by Gasteiger charge is 2.18. The lowest BCUT2D eigenvalue weighted by Gasteiger charge is -2.07. The Balaban J connectivity index is 1.88. The van der Waals surface area contributed by atoms with Crippen molar-refractivity contribution in [2.24, 2.45) is 7.05 Å². The van der Waals surface area contributed by atoms with Crippen LogP contribution in [0.1, 0.15) is 38.1 Å². The minimum absolute atomic E-state index is 0.0230. The summed E-state index contributed by atoms with van der Waals surface area (Å²) in [7, 11) is 1.54. The number of esters is 1. The first-order chi connectivity index (χ1) is 13.2. The van der Waals surface area contributed by atoms with E-state index in [9.17, 15) is 28.0 Å². The van der Waals surface area contributed by atoms with E-state index in [0.717, 1.165) is 12.1 Å². The first kappa shape index (κ1) is 20.7. The SMILES string of the molecule is CC(=O)c1cc(C(=O)OCC(=O)NC(=O)c2ccc(OC(F)F)cc2)n(C)c1. The Kier molecular flexibility index (Phi) is 6.59. The van der Waals surface area contributed by atoms with Gasteiger partial charge in [0.05, 0.1) is 0 Å². The lowest BCUT2D eigenvalue weighted by Crippen LogP contribution is -2.34. The zero-order valence-corrected chi connectivity index (χ0v) is 14.9. The summed E-state index contributed by atoms with van der Waals surface area (Å²) in [4.78, 5) is 47.0. The number of amides is 2. The smallest absolute Gasteiger partial charge is 0.387 e. The summed E-state index contributed by atoms with van der Waals surface area (Å²) in [5, 5.41) is 2.00. The maximum Gasteiger partial charge on any atom is 0.387 e. The molecule has 1 aromatic heterocycles. The molecule has 0 saturated carbocycles. The van der Waals surface area contributed by atoms with Crippen molar-refractivity contribution in [3.05, 3.63) is 53.3 Å². The number of benzene rings is 1. The van der Waals surface area contributed by atoms with E-state index in [1.165, 1.54) is 42.9 Å². The Hall–Kier alpha value is -3.56. The molecule has 2 aromatic rings. The number of hydrogen-bond acceptors (Lipinski definition) is 6.